The quantitative estimate of drug-likeness (QED) is 0.827. The molecule has 0 saturated heterocycles. The predicted molar refractivity (Wildman–Crippen MR) is 83.2 cm³/mol. The molecule has 0 aliphatic heterocycles. The van der Waals surface area contributed by atoms with Gasteiger partial charge in [-0.25, -0.2) is 4.98 Å². The second kappa shape index (κ2) is 6.57. The fraction of sp³-hybridized carbons (Fsp3) is 0.333. The average molecular weight is 343 g/mol. The van der Waals surface area contributed by atoms with Crippen molar-refractivity contribution in [1.82, 2.24) is 10.3 Å². The molecule has 23 heavy (non-hydrogen) atoms. The maximum atomic E-state index is 12.6. The molecule has 1 unspecified atom stereocenters. The van der Waals surface area contributed by atoms with Gasteiger partial charge in [-0.3, -0.25) is 4.79 Å². The molecule has 124 valence electrons. The fourth-order valence-corrected chi connectivity index (χ4v) is 3.00. The van der Waals surface area contributed by atoms with Crippen LogP contribution in [0.3, 0.4) is 0 Å². The average Bonchev–Trinajstić information content (AvgIpc) is 2.96. The summed E-state index contributed by atoms with van der Waals surface area (Å²) in [5.74, 6) is -0.384. The van der Waals surface area contributed by atoms with Crippen molar-refractivity contribution in [2.75, 3.05) is 5.73 Å². The number of nitrogens with two attached hydrogens (primary N) is 1. The third kappa shape index (κ3) is 4.01. The molecule has 0 spiro atoms. The highest BCUT2D eigenvalue weighted by atomic mass is 32.1. The first-order valence-corrected chi connectivity index (χ1v) is 7.80. The van der Waals surface area contributed by atoms with Crippen molar-refractivity contribution < 1.29 is 18.0 Å². The minimum atomic E-state index is -4.48. The summed E-state index contributed by atoms with van der Waals surface area (Å²) in [6.45, 7) is 3.53. The number of alkyl halides is 3. The Bertz CT molecular complexity index is 712. The molecule has 0 radical (unpaired) electrons. The number of amides is 1. The van der Waals surface area contributed by atoms with E-state index >= 15 is 0 Å². The number of nitrogens with zero attached hydrogens (tertiary/aromatic N) is 1. The van der Waals surface area contributed by atoms with E-state index < -0.39 is 17.9 Å². The zero-order valence-electron chi connectivity index (χ0n) is 12.6. The smallest absolute Gasteiger partial charge is 0.399 e. The Morgan fingerprint density at radius 3 is 2.70 bits per heavy atom. The SMILES string of the molecule is CCC(NC(=O)c1cc(N)ccc1C)c1nc(C(F)(F)F)cs1. The van der Waals surface area contributed by atoms with Crippen LogP contribution in [-0.2, 0) is 6.18 Å². The third-order valence-electron chi connectivity index (χ3n) is 3.33. The summed E-state index contributed by atoms with van der Waals surface area (Å²) >= 11 is 0.883. The molecular weight excluding hydrogens is 327 g/mol. The van der Waals surface area contributed by atoms with Gasteiger partial charge in [0.2, 0.25) is 0 Å². The number of thiazole rings is 1. The highest BCUT2D eigenvalue weighted by molar-refractivity contribution is 7.09. The van der Waals surface area contributed by atoms with Crippen molar-refractivity contribution >= 4 is 22.9 Å². The topological polar surface area (TPSA) is 68.0 Å². The van der Waals surface area contributed by atoms with E-state index in [1.807, 2.05) is 0 Å². The molecule has 0 aliphatic carbocycles. The lowest BCUT2D eigenvalue weighted by atomic mass is 10.1. The van der Waals surface area contributed by atoms with Crippen molar-refractivity contribution in [2.45, 2.75) is 32.5 Å². The summed E-state index contributed by atoms with van der Waals surface area (Å²) in [5.41, 5.74) is 6.32. The van der Waals surface area contributed by atoms with E-state index in [-0.39, 0.29) is 10.9 Å². The van der Waals surface area contributed by atoms with Crippen LogP contribution in [0.15, 0.2) is 23.6 Å². The molecule has 3 N–H and O–H groups in total. The number of hydrogen-bond acceptors (Lipinski definition) is 4. The summed E-state index contributed by atoms with van der Waals surface area (Å²) < 4.78 is 37.9. The van der Waals surface area contributed by atoms with Gasteiger partial charge in [0.05, 0.1) is 6.04 Å². The van der Waals surface area contributed by atoms with Gasteiger partial charge in [-0.2, -0.15) is 13.2 Å². The number of nitrogen functional groups attached to an aromatic ring is 1. The van der Waals surface area contributed by atoms with Crippen LogP contribution in [0.1, 0.15) is 46.0 Å². The maximum absolute atomic E-state index is 12.6. The molecule has 1 aromatic carbocycles. The number of aromatic nitrogens is 1. The summed E-state index contributed by atoms with van der Waals surface area (Å²) in [4.78, 5) is 15.9. The number of hydrogen-bond donors (Lipinski definition) is 2. The highest BCUT2D eigenvalue weighted by Gasteiger charge is 2.34. The Morgan fingerprint density at radius 2 is 2.13 bits per heavy atom. The van der Waals surface area contributed by atoms with Gasteiger partial charge >= 0.3 is 6.18 Å². The number of rotatable bonds is 4. The molecule has 2 aromatic rings. The molecule has 0 aliphatic rings. The van der Waals surface area contributed by atoms with Crippen molar-refractivity contribution in [3.05, 3.63) is 45.4 Å². The Balaban J connectivity index is 2.20. The van der Waals surface area contributed by atoms with Gasteiger partial charge in [-0.1, -0.05) is 13.0 Å². The van der Waals surface area contributed by atoms with E-state index in [9.17, 15) is 18.0 Å². The van der Waals surface area contributed by atoms with E-state index in [1.54, 1.807) is 32.0 Å². The first-order chi connectivity index (χ1) is 10.7. The normalized spacial score (nSPS) is 12.9. The van der Waals surface area contributed by atoms with E-state index in [1.165, 1.54) is 0 Å². The minimum Gasteiger partial charge on any atom is -0.399 e. The molecule has 1 atom stereocenters. The van der Waals surface area contributed by atoms with Crippen LogP contribution in [0, 0.1) is 6.92 Å². The van der Waals surface area contributed by atoms with Crippen molar-refractivity contribution in [2.24, 2.45) is 0 Å². The molecule has 4 nitrogen and oxygen atoms in total. The first-order valence-electron chi connectivity index (χ1n) is 6.92. The van der Waals surface area contributed by atoms with Crippen LogP contribution in [0.4, 0.5) is 18.9 Å². The third-order valence-corrected chi connectivity index (χ3v) is 4.29. The summed E-state index contributed by atoms with van der Waals surface area (Å²) in [6.07, 6.45) is -4.06. The number of carbonyl (C=O) groups is 1. The molecular formula is C15H16F3N3OS. The number of benzene rings is 1. The second-order valence-electron chi connectivity index (χ2n) is 5.08. The minimum absolute atomic E-state index is 0.231. The number of carbonyl (C=O) groups excluding carboxylic acids is 1. The second-order valence-corrected chi connectivity index (χ2v) is 5.97. The molecule has 0 fully saturated rings. The molecule has 0 bridgehead atoms. The number of nitrogens with one attached hydrogen (secondary N) is 1. The lowest BCUT2D eigenvalue weighted by Gasteiger charge is -2.16. The van der Waals surface area contributed by atoms with Crippen LogP contribution in [0.25, 0.3) is 0 Å². The number of halogens is 3. The lowest BCUT2D eigenvalue weighted by molar-refractivity contribution is -0.140. The molecule has 8 heteroatoms. The zero-order valence-corrected chi connectivity index (χ0v) is 13.4. The zero-order chi connectivity index (χ0) is 17.2. The summed E-state index contributed by atoms with van der Waals surface area (Å²) in [6, 6.07) is 4.36. The molecule has 1 heterocycles. The molecule has 2 rings (SSSR count). The van der Waals surface area contributed by atoms with Gasteiger partial charge < -0.3 is 11.1 Å². The van der Waals surface area contributed by atoms with E-state index in [2.05, 4.69) is 10.3 Å². The van der Waals surface area contributed by atoms with Crippen molar-refractivity contribution in [3.8, 4) is 0 Å². The monoisotopic (exact) mass is 343 g/mol. The molecule has 1 amide bonds. The Kier molecular flexibility index (Phi) is 4.93. The van der Waals surface area contributed by atoms with Crippen LogP contribution < -0.4 is 11.1 Å². The lowest BCUT2D eigenvalue weighted by Crippen LogP contribution is -2.29. The summed E-state index contributed by atoms with van der Waals surface area (Å²) in [5, 5.41) is 3.90. The standard InChI is InChI=1S/C15H16F3N3OS/c1-3-11(14-21-12(7-23-14)15(16,17)18)20-13(22)10-6-9(19)5-4-8(10)2/h4-7,11H,3,19H2,1-2H3,(H,20,22). The Morgan fingerprint density at radius 1 is 1.43 bits per heavy atom. The van der Waals surface area contributed by atoms with Gasteiger partial charge in [0.1, 0.15) is 5.01 Å². The van der Waals surface area contributed by atoms with E-state index in [0.717, 1.165) is 22.3 Å². The van der Waals surface area contributed by atoms with Crippen LogP contribution >= 0.6 is 11.3 Å². The van der Waals surface area contributed by atoms with Crippen LogP contribution in [0.5, 0.6) is 0 Å². The predicted octanol–water partition coefficient (Wildman–Crippen LogP) is 3.93. The maximum Gasteiger partial charge on any atom is 0.434 e. The first kappa shape index (κ1) is 17.3. The van der Waals surface area contributed by atoms with Gasteiger partial charge in [-0.15, -0.1) is 11.3 Å². The van der Waals surface area contributed by atoms with Crippen LogP contribution in [0.2, 0.25) is 0 Å². The van der Waals surface area contributed by atoms with Crippen molar-refractivity contribution in [3.63, 3.8) is 0 Å². The largest absolute Gasteiger partial charge is 0.434 e. The Labute approximate surface area is 135 Å². The van der Waals surface area contributed by atoms with Gasteiger partial charge in [0.25, 0.3) is 5.91 Å². The van der Waals surface area contributed by atoms with Crippen molar-refractivity contribution in [1.29, 1.82) is 0 Å². The van der Waals surface area contributed by atoms with Gasteiger partial charge in [-0.05, 0) is 31.0 Å². The number of aryl methyl sites for hydroxylation is 1. The van der Waals surface area contributed by atoms with E-state index in [4.69, 9.17) is 5.73 Å². The van der Waals surface area contributed by atoms with Gasteiger partial charge in [0, 0.05) is 16.6 Å². The molecule has 0 saturated carbocycles. The van der Waals surface area contributed by atoms with Crippen LogP contribution in [-0.4, -0.2) is 10.9 Å². The van der Waals surface area contributed by atoms with E-state index in [0.29, 0.717) is 17.7 Å². The summed E-state index contributed by atoms with van der Waals surface area (Å²) in [7, 11) is 0. The Hall–Kier alpha value is -2.09. The fourth-order valence-electron chi connectivity index (χ4n) is 2.04. The molecule has 1 aromatic heterocycles. The highest BCUT2D eigenvalue weighted by Crippen LogP contribution is 2.32. The number of anilines is 1. The van der Waals surface area contributed by atoms with Gasteiger partial charge in [0.15, 0.2) is 5.69 Å².